The highest BCUT2D eigenvalue weighted by Gasteiger charge is 2.03. The van der Waals surface area contributed by atoms with E-state index in [0.717, 1.165) is 23.2 Å². The Kier molecular flexibility index (Phi) is 9.29. The molecule has 2 aromatic carbocycles. The van der Waals surface area contributed by atoms with Crippen LogP contribution in [0.1, 0.15) is 15.9 Å². The van der Waals surface area contributed by atoms with E-state index in [9.17, 15) is 4.79 Å². The molecule has 0 heterocycles. The van der Waals surface area contributed by atoms with Gasteiger partial charge in [0.2, 0.25) is 0 Å². The lowest BCUT2D eigenvalue weighted by molar-refractivity contribution is 0.112. The number of hydrogen-bond donors (Lipinski definition) is 2. The van der Waals surface area contributed by atoms with Crippen LogP contribution < -0.4 is 9.80 Å². The predicted molar refractivity (Wildman–Crippen MR) is 104 cm³/mol. The van der Waals surface area contributed by atoms with Gasteiger partial charge in [-0.15, -0.1) is 0 Å². The number of hydrogen-bond acceptors (Lipinski definition) is 5. The molecule has 0 radical (unpaired) electrons. The monoisotopic (exact) mass is 344 g/mol. The van der Waals surface area contributed by atoms with Crippen molar-refractivity contribution < 1.29 is 15.0 Å². The van der Waals surface area contributed by atoms with Gasteiger partial charge in [-0.05, 0) is 43.3 Å². The van der Waals surface area contributed by atoms with Gasteiger partial charge < -0.3 is 20.0 Å². The Morgan fingerprint density at radius 2 is 1.32 bits per heavy atom. The second kappa shape index (κ2) is 11.2. The molecule has 0 saturated carbocycles. The van der Waals surface area contributed by atoms with Crippen LogP contribution in [0, 0.1) is 6.92 Å². The van der Waals surface area contributed by atoms with Crippen LogP contribution in [-0.2, 0) is 0 Å². The third-order valence-electron chi connectivity index (χ3n) is 3.68. The first-order valence-corrected chi connectivity index (χ1v) is 8.27. The Balaban J connectivity index is 0.000000257. The molecule has 0 amide bonds. The van der Waals surface area contributed by atoms with Crippen molar-refractivity contribution in [3.63, 3.8) is 0 Å². The lowest BCUT2D eigenvalue weighted by Crippen LogP contribution is -2.29. The van der Waals surface area contributed by atoms with Crippen molar-refractivity contribution in [1.29, 1.82) is 0 Å². The van der Waals surface area contributed by atoms with Crippen LogP contribution in [0.25, 0.3) is 0 Å². The van der Waals surface area contributed by atoms with Gasteiger partial charge >= 0.3 is 0 Å². The molecular weight excluding hydrogens is 316 g/mol. The minimum Gasteiger partial charge on any atom is -0.395 e. The molecule has 2 N–H and O–H groups in total. The predicted octanol–water partition coefficient (Wildman–Crippen LogP) is 2.35. The SMILES string of the molecule is CN(C)c1ccc(C=O)cc1.Cc1ccc(N(CCO)CCO)cc1. The smallest absolute Gasteiger partial charge is 0.150 e. The van der Waals surface area contributed by atoms with Gasteiger partial charge in [0.25, 0.3) is 0 Å². The molecule has 0 saturated heterocycles. The standard InChI is InChI=1S/C11H17NO2.C9H11NO/c1-10-2-4-11(5-3-10)12(6-8-13)7-9-14;1-10(2)9-5-3-8(7-11)4-6-9/h2-5,13-14H,6-9H2,1H3;3-7H,1-2H3. The summed E-state index contributed by atoms with van der Waals surface area (Å²) in [5.41, 5.74) is 4.08. The molecule has 0 unspecified atom stereocenters. The molecule has 5 nitrogen and oxygen atoms in total. The summed E-state index contributed by atoms with van der Waals surface area (Å²) in [6.45, 7) is 3.36. The molecule has 0 aliphatic heterocycles. The molecule has 2 aromatic rings. The average molecular weight is 344 g/mol. The number of carbonyl (C=O) groups is 1. The molecule has 2 rings (SSSR count). The van der Waals surface area contributed by atoms with E-state index in [0.29, 0.717) is 13.1 Å². The lowest BCUT2D eigenvalue weighted by atomic mass is 10.2. The number of aliphatic hydroxyl groups is 2. The van der Waals surface area contributed by atoms with Crippen LogP contribution in [0.5, 0.6) is 0 Å². The van der Waals surface area contributed by atoms with Gasteiger partial charge in [0.1, 0.15) is 6.29 Å². The van der Waals surface area contributed by atoms with E-state index in [4.69, 9.17) is 10.2 Å². The first-order valence-electron chi connectivity index (χ1n) is 8.27. The van der Waals surface area contributed by atoms with Crippen molar-refractivity contribution in [2.45, 2.75) is 6.92 Å². The highest BCUT2D eigenvalue weighted by Crippen LogP contribution is 2.14. The average Bonchev–Trinajstić information content (AvgIpc) is 2.63. The summed E-state index contributed by atoms with van der Waals surface area (Å²) >= 11 is 0. The van der Waals surface area contributed by atoms with Gasteiger partial charge in [-0.25, -0.2) is 0 Å². The molecule has 136 valence electrons. The van der Waals surface area contributed by atoms with Crippen molar-refractivity contribution in [1.82, 2.24) is 0 Å². The fourth-order valence-electron chi connectivity index (χ4n) is 2.22. The topological polar surface area (TPSA) is 64.0 Å². The van der Waals surface area contributed by atoms with Gasteiger partial charge in [-0.2, -0.15) is 0 Å². The van der Waals surface area contributed by atoms with Crippen molar-refractivity contribution in [3.05, 3.63) is 59.7 Å². The number of nitrogens with zero attached hydrogens (tertiary/aromatic N) is 2. The Morgan fingerprint density at radius 1 is 0.840 bits per heavy atom. The molecule has 5 heteroatoms. The fraction of sp³-hybridized carbons (Fsp3) is 0.350. The summed E-state index contributed by atoms with van der Waals surface area (Å²) in [6.07, 6.45) is 0.847. The number of aldehydes is 1. The molecule has 0 aliphatic carbocycles. The van der Waals surface area contributed by atoms with Gasteiger partial charge in [-0.3, -0.25) is 4.79 Å². The Hall–Kier alpha value is -2.37. The number of anilines is 2. The lowest BCUT2D eigenvalue weighted by Gasteiger charge is -2.22. The molecule has 25 heavy (non-hydrogen) atoms. The molecule has 0 bridgehead atoms. The van der Waals surface area contributed by atoms with Crippen molar-refractivity contribution in [3.8, 4) is 0 Å². The van der Waals surface area contributed by atoms with Gasteiger partial charge in [-0.1, -0.05) is 17.7 Å². The van der Waals surface area contributed by atoms with E-state index >= 15 is 0 Å². The number of aliphatic hydroxyl groups excluding tert-OH is 2. The maximum Gasteiger partial charge on any atom is 0.150 e. The first-order chi connectivity index (χ1) is 12.0. The van der Waals surface area contributed by atoms with Crippen molar-refractivity contribution in [2.75, 3.05) is 50.2 Å². The molecule has 0 atom stereocenters. The van der Waals surface area contributed by atoms with Gasteiger partial charge in [0.15, 0.2) is 0 Å². The van der Waals surface area contributed by atoms with Crippen LogP contribution in [0.15, 0.2) is 48.5 Å². The second-order valence-electron chi connectivity index (χ2n) is 5.87. The van der Waals surface area contributed by atoms with Gasteiger partial charge in [0.05, 0.1) is 13.2 Å². The highest BCUT2D eigenvalue weighted by molar-refractivity contribution is 5.75. The first kappa shape index (κ1) is 20.7. The number of aryl methyl sites for hydroxylation is 1. The molecule has 0 aliphatic rings. The fourth-order valence-corrected chi connectivity index (χ4v) is 2.22. The summed E-state index contributed by atoms with van der Waals surface area (Å²) in [6, 6.07) is 15.5. The van der Waals surface area contributed by atoms with Crippen molar-refractivity contribution in [2.24, 2.45) is 0 Å². The maximum absolute atomic E-state index is 10.3. The van der Waals surface area contributed by atoms with E-state index in [1.807, 2.05) is 79.3 Å². The normalized spacial score (nSPS) is 9.80. The van der Waals surface area contributed by atoms with Crippen LogP contribution in [-0.4, -0.2) is 56.9 Å². The second-order valence-corrected chi connectivity index (χ2v) is 5.87. The molecule has 0 spiro atoms. The van der Waals surface area contributed by atoms with E-state index in [-0.39, 0.29) is 13.2 Å². The Labute approximate surface area is 150 Å². The quantitative estimate of drug-likeness (QED) is 0.755. The highest BCUT2D eigenvalue weighted by atomic mass is 16.3. The van der Waals surface area contributed by atoms with Crippen LogP contribution in [0.3, 0.4) is 0 Å². The third-order valence-corrected chi connectivity index (χ3v) is 3.68. The van der Waals surface area contributed by atoms with E-state index in [2.05, 4.69) is 0 Å². The summed E-state index contributed by atoms with van der Waals surface area (Å²) in [5.74, 6) is 0. The summed E-state index contributed by atoms with van der Waals surface area (Å²) < 4.78 is 0. The number of benzene rings is 2. The van der Waals surface area contributed by atoms with Gasteiger partial charge in [0, 0.05) is 44.1 Å². The zero-order valence-corrected chi connectivity index (χ0v) is 15.2. The van der Waals surface area contributed by atoms with E-state index in [1.165, 1.54) is 5.56 Å². The Bertz CT molecular complexity index is 604. The number of rotatable bonds is 7. The van der Waals surface area contributed by atoms with E-state index < -0.39 is 0 Å². The summed E-state index contributed by atoms with van der Waals surface area (Å²) in [5, 5.41) is 17.7. The Morgan fingerprint density at radius 3 is 1.72 bits per heavy atom. The third kappa shape index (κ3) is 7.37. The maximum atomic E-state index is 10.3. The molecule has 0 aromatic heterocycles. The largest absolute Gasteiger partial charge is 0.395 e. The minimum absolute atomic E-state index is 0.105. The van der Waals surface area contributed by atoms with E-state index in [1.54, 1.807) is 0 Å². The van der Waals surface area contributed by atoms with Crippen LogP contribution in [0.2, 0.25) is 0 Å². The molecular formula is C20H28N2O3. The number of carbonyl (C=O) groups excluding carboxylic acids is 1. The summed E-state index contributed by atoms with van der Waals surface area (Å²) in [4.78, 5) is 14.2. The zero-order chi connectivity index (χ0) is 18.7. The van der Waals surface area contributed by atoms with Crippen molar-refractivity contribution >= 4 is 17.7 Å². The zero-order valence-electron chi connectivity index (χ0n) is 15.2. The minimum atomic E-state index is 0.105. The van der Waals surface area contributed by atoms with Crippen LogP contribution in [0.4, 0.5) is 11.4 Å². The molecule has 0 fully saturated rings. The summed E-state index contributed by atoms with van der Waals surface area (Å²) in [7, 11) is 3.94. The van der Waals surface area contributed by atoms with Crippen LogP contribution >= 0.6 is 0 Å².